The molecule has 190 valence electrons. The van der Waals surface area contributed by atoms with Gasteiger partial charge in [0.15, 0.2) is 0 Å². The van der Waals surface area contributed by atoms with Gasteiger partial charge < -0.3 is 9.80 Å². The number of hydrogen-bond donors (Lipinski definition) is 1. The smallest absolute Gasteiger partial charge is 0.246 e. The highest BCUT2D eigenvalue weighted by Gasteiger charge is 2.28. The van der Waals surface area contributed by atoms with Gasteiger partial charge in [-0.2, -0.15) is 0 Å². The van der Waals surface area contributed by atoms with Crippen LogP contribution in [0.25, 0.3) is 16.9 Å². The Morgan fingerprint density at radius 2 is 1.56 bits per heavy atom. The number of nitrogens with one attached hydrogen (secondary N) is 1. The first-order chi connectivity index (χ1) is 17.3. The molecule has 1 aliphatic rings. The molecule has 7 nitrogen and oxygen atoms in total. The second-order valence-corrected chi connectivity index (χ2v) is 10.1. The maximum Gasteiger partial charge on any atom is 0.246 e. The van der Waals surface area contributed by atoms with E-state index in [1.807, 2.05) is 73.1 Å². The molecule has 2 amide bonds. The number of amides is 2. The van der Waals surface area contributed by atoms with Crippen LogP contribution in [0.3, 0.4) is 0 Å². The van der Waals surface area contributed by atoms with Crippen molar-refractivity contribution in [3.05, 3.63) is 65.9 Å². The van der Waals surface area contributed by atoms with Crippen LogP contribution in [-0.2, 0) is 9.59 Å². The van der Waals surface area contributed by atoms with Crippen molar-refractivity contribution in [1.82, 2.24) is 19.4 Å². The van der Waals surface area contributed by atoms with Crippen LogP contribution in [0, 0.1) is 19.8 Å². The Morgan fingerprint density at radius 3 is 2.17 bits per heavy atom. The molecule has 0 unspecified atom stereocenters. The summed E-state index contributed by atoms with van der Waals surface area (Å²) in [6.07, 6.45) is 5.94. The number of hydrogen-bond acceptors (Lipinski definition) is 4. The Bertz CT molecular complexity index is 1180. The van der Waals surface area contributed by atoms with Gasteiger partial charge in [-0.15, -0.1) is 0 Å². The molecule has 36 heavy (non-hydrogen) atoms. The summed E-state index contributed by atoms with van der Waals surface area (Å²) in [4.78, 5) is 35.0. The summed E-state index contributed by atoms with van der Waals surface area (Å²) in [5.41, 5.74) is 5.00. The molecule has 0 spiro atoms. The van der Waals surface area contributed by atoms with E-state index >= 15 is 0 Å². The normalized spacial score (nSPS) is 13.8. The van der Waals surface area contributed by atoms with Gasteiger partial charge in [-0.3, -0.25) is 19.5 Å². The maximum absolute atomic E-state index is 13.2. The number of likely N-dealkylation sites (N-methyl/N-ethyl adjacent to an activating group) is 1. The van der Waals surface area contributed by atoms with E-state index in [1.54, 1.807) is 4.90 Å². The minimum atomic E-state index is -0.241. The number of imidazole rings is 1. The van der Waals surface area contributed by atoms with Crippen molar-refractivity contribution in [3.63, 3.8) is 0 Å². The van der Waals surface area contributed by atoms with E-state index in [0.717, 1.165) is 48.2 Å². The maximum atomic E-state index is 13.2. The summed E-state index contributed by atoms with van der Waals surface area (Å²) in [6.45, 7) is 5.35. The van der Waals surface area contributed by atoms with Crippen molar-refractivity contribution in [1.29, 1.82) is 0 Å². The first kappa shape index (κ1) is 25.6. The summed E-state index contributed by atoms with van der Waals surface area (Å²) in [5, 5.41) is 2.99. The summed E-state index contributed by atoms with van der Waals surface area (Å²) in [5.74, 6) is 0.323. The summed E-state index contributed by atoms with van der Waals surface area (Å²) >= 11 is 0. The second kappa shape index (κ2) is 11.5. The molecule has 1 fully saturated rings. The molecule has 2 aromatic carbocycles. The third kappa shape index (κ3) is 6.40. The average Bonchev–Trinajstić information content (AvgIpc) is 3.53. The second-order valence-electron chi connectivity index (χ2n) is 10.1. The Kier molecular flexibility index (Phi) is 8.21. The van der Waals surface area contributed by atoms with Crippen LogP contribution >= 0.6 is 0 Å². The van der Waals surface area contributed by atoms with E-state index in [-0.39, 0.29) is 24.3 Å². The zero-order valence-corrected chi connectivity index (χ0v) is 21.8. The van der Waals surface area contributed by atoms with Crippen LogP contribution in [0.15, 0.2) is 54.7 Å². The van der Waals surface area contributed by atoms with E-state index in [4.69, 9.17) is 4.98 Å². The van der Waals surface area contributed by atoms with E-state index in [2.05, 4.69) is 24.4 Å². The molecular formula is C29H37N5O2. The molecule has 0 bridgehead atoms. The molecule has 0 aliphatic heterocycles. The highest BCUT2D eigenvalue weighted by atomic mass is 16.2. The lowest BCUT2D eigenvalue weighted by atomic mass is 10.1. The highest BCUT2D eigenvalue weighted by molar-refractivity contribution is 5.94. The number of benzene rings is 2. The molecule has 0 radical (unpaired) electrons. The summed E-state index contributed by atoms with van der Waals surface area (Å²) < 4.78 is 1.90. The standard InChI is InChI=1S/C29H37N5O2/c1-21-9-13-23(14-10-21)26-19-34(25-15-11-22(2)12-16-25)29(30-26)31-27(35)20-33(18-17-32(3)4)28(36)24-7-5-6-8-24/h9-16,19,24H,5-8,17-18,20H2,1-4H3,(H,30,31,35). The van der Waals surface area contributed by atoms with Crippen molar-refractivity contribution in [2.24, 2.45) is 5.92 Å². The fraction of sp³-hybridized carbons (Fsp3) is 0.414. The fourth-order valence-electron chi connectivity index (χ4n) is 4.59. The van der Waals surface area contributed by atoms with E-state index in [0.29, 0.717) is 19.0 Å². The van der Waals surface area contributed by atoms with E-state index in [9.17, 15) is 9.59 Å². The zero-order valence-electron chi connectivity index (χ0n) is 21.8. The SMILES string of the molecule is Cc1ccc(-c2cn(-c3ccc(C)cc3)c(NC(=O)CN(CCN(C)C)C(=O)C3CCCC3)n2)cc1. The summed E-state index contributed by atoms with van der Waals surface area (Å²) in [7, 11) is 3.95. The molecule has 1 saturated carbocycles. The van der Waals surface area contributed by atoms with Crippen molar-refractivity contribution in [2.45, 2.75) is 39.5 Å². The third-order valence-corrected chi connectivity index (χ3v) is 6.78. The van der Waals surface area contributed by atoms with E-state index in [1.165, 1.54) is 5.56 Å². The molecule has 3 aromatic rings. The highest BCUT2D eigenvalue weighted by Crippen LogP contribution is 2.27. The van der Waals surface area contributed by atoms with Crippen LogP contribution < -0.4 is 5.32 Å². The molecule has 4 rings (SSSR count). The molecule has 1 aromatic heterocycles. The predicted octanol–water partition coefficient (Wildman–Crippen LogP) is 4.68. The van der Waals surface area contributed by atoms with Crippen LogP contribution in [0.4, 0.5) is 5.95 Å². The van der Waals surface area contributed by atoms with Gasteiger partial charge in [0.1, 0.15) is 0 Å². The topological polar surface area (TPSA) is 70.5 Å². The number of aryl methyl sites for hydroxylation is 2. The number of carbonyl (C=O) groups is 2. The molecule has 1 N–H and O–H groups in total. The van der Waals surface area contributed by atoms with Crippen molar-refractivity contribution >= 4 is 17.8 Å². The van der Waals surface area contributed by atoms with Crippen LogP contribution in [-0.4, -0.2) is 64.9 Å². The van der Waals surface area contributed by atoms with Gasteiger partial charge in [0.05, 0.1) is 12.2 Å². The minimum absolute atomic E-state index is 0.0177. The zero-order chi connectivity index (χ0) is 25.7. The summed E-state index contributed by atoms with van der Waals surface area (Å²) in [6, 6.07) is 16.3. The number of anilines is 1. The number of rotatable bonds is 9. The quantitative estimate of drug-likeness (QED) is 0.476. The molecule has 0 atom stereocenters. The van der Waals surface area contributed by atoms with Crippen LogP contribution in [0.2, 0.25) is 0 Å². The molecule has 7 heteroatoms. The Labute approximate surface area is 214 Å². The molecule has 1 aliphatic carbocycles. The molecule has 1 heterocycles. The van der Waals surface area contributed by atoms with Gasteiger partial charge in [-0.05, 0) is 52.9 Å². The fourth-order valence-corrected chi connectivity index (χ4v) is 4.59. The van der Waals surface area contributed by atoms with Gasteiger partial charge in [-0.25, -0.2) is 4.98 Å². The predicted molar refractivity (Wildman–Crippen MR) is 144 cm³/mol. The van der Waals surface area contributed by atoms with Gasteiger partial charge in [0, 0.05) is 36.5 Å². The lowest BCUT2D eigenvalue weighted by Crippen LogP contribution is -2.44. The van der Waals surface area contributed by atoms with Gasteiger partial charge in [-0.1, -0.05) is 60.4 Å². The number of aromatic nitrogens is 2. The van der Waals surface area contributed by atoms with E-state index < -0.39 is 0 Å². The van der Waals surface area contributed by atoms with Gasteiger partial charge in [0.2, 0.25) is 17.8 Å². The Hall–Kier alpha value is -3.45. The van der Waals surface area contributed by atoms with Crippen LogP contribution in [0.1, 0.15) is 36.8 Å². The van der Waals surface area contributed by atoms with Gasteiger partial charge in [0.25, 0.3) is 0 Å². The van der Waals surface area contributed by atoms with Crippen molar-refractivity contribution < 1.29 is 9.59 Å². The monoisotopic (exact) mass is 487 g/mol. The first-order valence-electron chi connectivity index (χ1n) is 12.8. The molecular weight excluding hydrogens is 450 g/mol. The van der Waals surface area contributed by atoms with Crippen molar-refractivity contribution in [2.75, 3.05) is 39.0 Å². The third-order valence-electron chi connectivity index (χ3n) is 6.78. The minimum Gasteiger partial charge on any atom is -0.332 e. The van der Waals surface area contributed by atoms with Crippen LogP contribution in [0.5, 0.6) is 0 Å². The lowest BCUT2D eigenvalue weighted by Gasteiger charge is -2.26. The first-order valence-corrected chi connectivity index (χ1v) is 12.8. The largest absolute Gasteiger partial charge is 0.332 e. The molecule has 0 saturated heterocycles. The average molecular weight is 488 g/mol. The Morgan fingerprint density at radius 1 is 0.944 bits per heavy atom. The number of nitrogens with zero attached hydrogens (tertiary/aromatic N) is 4. The lowest BCUT2D eigenvalue weighted by molar-refractivity contribution is -0.138. The Balaban J connectivity index is 1.58. The van der Waals surface area contributed by atoms with Gasteiger partial charge >= 0.3 is 0 Å². The van der Waals surface area contributed by atoms with Crippen molar-refractivity contribution in [3.8, 4) is 16.9 Å². The number of carbonyl (C=O) groups excluding carboxylic acids is 2.